The van der Waals surface area contributed by atoms with Crippen LogP contribution in [0.5, 0.6) is 0 Å². The molecule has 0 spiro atoms. The minimum absolute atomic E-state index is 1.04. The normalized spacial score (nSPS) is 11.5. The summed E-state index contributed by atoms with van der Waals surface area (Å²) in [5, 5.41) is 6.44. The maximum absolute atomic E-state index is 8.78. The number of rotatable bonds is 2. The zero-order valence-corrected chi connectivity index (χ0v) is 14.7. The van der Waals surface area contributed by atoms with Crippen LogP contribution in [0.25, 0.3) is 33.2 Å². The SMILES string of the molecule is NS(=O)[O-].c1ccc(-c2cccc(-c3nccc4ccccc34)c2)cc1. The van der Waals surface area contributed by atoms with Crippen LogP contribution in [0.4, 0.5) is 0 Å². The lowest BCUT2D eigenvalue weighted by Gasteiger charge is -2.08. The van der Waals surface area contributed by atoms with Crippen LogP contribution in [0.3, 0.4) is 0 Å². The second kappa shape index (κ2) is 8.49. The van der Waals surface area contributed by atoms with Crippen molar-refractivity contribution in [1.82, 2.24) is 4.98 Å². The molecule has 0 fully saturated rings. The summed E-state index contributed by atoms with van der Waals surface area (Å²) in [5.74, 6) is 0. The van der Waals surface area contributed by atoms with Gasteiger partial charge in [-0.3, -0.25) is 14.3 Å². The summed E-state index contributed by atoms with van der Waals surface area (Å²) in [4.78, 5) is 4.61. The van der Waals surface area contributed by atoms with E-state index in [2.05, 4.69) is 89.0 Å². The quantitative estimate of drug-likeness (QED) is 0.540. The van der Waals surface area contributed by atoms with Gasteiger partial charge in [0.05, 0.1) is 5.69 Å². The smallest absolute Gasteiger partial charge is 0.0780 e. The van der Waals surface area contributed by atoms with Crippen molar-refractivity contribution in [3.63, 3.8) is 0 Å². The molecule has 1 unspecified atom stereocenters. The third-order valence-corrected chi connectivity index (χ3v) is 3.92. The number of nitrogens with two attached hydrogens (primary N) is 1. The highest BCUT2D eigenvalue weighted by Gasteiger charge is 2.06. The molecule has 1 heterocycles. The standard InChI is InChI=1S/C21H15N.H3NO2S/c1-2-7-16(8-3-1)18-10-6-11-19(15-18)21-20-12-5-4-9-17(20)13-14-22-21;1-4(2)3/h1-15H;1H2,(H,2,3)/p-1. The molecule has 130 valence electrons. The van der Waals surface area contributed by atoms with E-state index >= 15 is 0 Å². The maximum Gasteiger partial charge on any atom is 0.0780 e. The molecule has 0 saturated carbocycles. The van der Waals surface area contributed by atoms with Crippen LogP contribution in [0.1, 0.15) is 0 Å². The average molecular weight is 361 g/mol. The lowest BCUT2D eigenvalue weighted by atomic mass is 9.99. The van der Waals surface area contributed by atoms with E-state index in [9.17, 15) is 0 Å². The van der Waals surface area contributed by atoms with E-state index in [4.69, 9.17) is 8.76 Å². The topological polar surface area (TPSA) is 79.0 Å². The molecule has 4 rings (SSSR count). The van der Waals surface area contributed by atoms with Crippen LogP contribution >= 0.6 is 0 Å². The number of nitrogens with zero attached hydrogens (tertiary/aromatic N) is 1. The highest BCUT2D eigenvalue weighted by Crippen LogP contribution is 2.29. The van der Waals surface area contributed by atoms with Gasteiger partial charge < -0.3 is 4.55 Å². The highest BCUT2D eigenvalue weighted by molar-refractivity contribution is 7.76. The molecule has 0 aliphatic heterocycles. The van der Waals surface area contributed by atoms with Crippen molar-refractivity contribution in [3.8, 4) is 22.4 Å². The fraction of sp³-hybridized carbons (Fsp3) is 0. The molecule has 2 N–H and O–H groups in total. The Morgan fingerprint density at radius 1 is 0.769 bits per heavy atom. The van der Waals surface area contributed by atoms with E-state index in [0.29, 0.717) is 0 Å². The van der Waals surface area contributed by atoms with E-state index in [1.54, 1.807) is 0 Å². The first kappa shape index (κ1) is 17.9. The van der Waals surface area contributed by atoms with Crippen molar-refractivity contribution < 1.29 is 8.76 Å². The summed E-state index contributed by atoms with van der Waals surface area (Å²) in [6, 6.07) is 29.5. The number of aromatic nitrogens is 1. The highest BCUT2D eigenvalue weighted by atomic mass is 32.2. The van der Waals surface area contributed by atoms with Gasteiger partial charge in [-0.2, -0.15) is 0 Å². The van der Waals surface area contributed by atoms with Crippen LogP contribution in [0.15, 0.2) is 91.1 Å². The third kappa shape index (κ3) is 4.40. The van der Waals surface area contributed by atoms with Crippen molar-refractivity contribution in [3.05, 3.63) is 91.1 Å². The monoisotopic (exact) mass is 361 g/mol. The fourth-order valence-electron chi connectivity index (χ4n) is 2.83. The first-order valence-corrected chi connectivity index (χ1v) is 9.12. The molecular weight excluding hydrogens is 344 g/mol. The Morgan fingerprint density at radius 2 is 1.38 bits per heavy atom. The Labute approximate surface area is 154 Å². The molecule has 1 aromatic heterocycles. The molecule has 4 aromatic rings. The van der Waals surface area contributed by atoms with Gasteiger partial charge in [0.25, 0.3) is 0 Å². The summed E-state index contributed by atoms with van der Waals surface area (Å²) in [5.41, 5.74) is 4.63. The molecule has 4 nitrogen and oxygen atoms in total. The summed E-state index contributed by atoms with van der Waals surface area (Å²) < 4.78 is 17.6. The molecular formula is C21H17N2O2S-. The summed E-state index contributed by atoms with van der Waals surface area (Å²) in [7, 11) is 0. The van der Waals surface area contributed by atoms with Crippen molar-refractivity contribution in [2.24, 2.45) is 5.14 Å². The fourth-order valence-corrected chi connectivity index (χ4v) is 2.83. The molecule has 0 aliphatic rings. The molecule has 0 saturated heterocycles. The van der Waals surface area contributed by atoms with Gasteiger partial charge in [0.15, 0.2) is 0 Å². The van der Waals surface area contributed by atoms with Crippen LogP contribution in [-0.2, 0) is 11.3 Å². The van der Waals surface area contributed by atoms with Crippen molar-refractivity contribution >= 4 is 22.0 Å². The van der Waals surface area contributed by atoms with Crippen LogP contribution in [0, 0.1) is 0 Å². The Kier molecular flexibility index (Phi) is 5.86. The number of benzene rings is 3. The largest absolute Gasteiger partial charge is 0.760 e. The number of hydrogen-bond acceptors (Lipinski definition) is 3. The van der Waals surface area contributed by atoms with Gasteiger partial charge in [0.1, 0.15) is 0 Å². The molecule has 0 radical (unpaired) electrons. The lowest BCUT2D eigenvalue weighted by molar-refractivity contribution is 0.539. The van der Waals surface area contributed by atoms with Crippen molar-refractivity contribution in [1.29, 1.82) is 0 Å². The van der Waals surface area contributed by atoms with E-state index < -0.39 is 11.3 Å². The van der Waals surface area contributed by atoms with Crippen LogP contribution < -0.4 is 5.14 Å². The molecule has 1 atom stereocenters. The molecule has 0 amide bonds. The van der Waals surface area contributed by atoms with Crippen LogP contribution in [-0.4, -0.2) is 13.7 Å². The molecule has 0 aliphatic carbocycles. The Bertz CT molecular complexity index is 1030. The van der Waals surface area contributed by atoms with Gasteiger partial charge >= 0.3 is 0 Å². The second-order valence-corrected chi connectivity index (χ2v) is 6.11. The lowest BCUT2D eigenvalue weighted by Crippen LogP contribution is -1.97. The maximum atomic E-state index is 8.78. The summed E-state index contributed by atoms with van der Waals surface area (Å²) in [6.07, 6.45) is 1.88. The number of fused-ring (bicyclic) bond motifs is 1. The summed E-state index contributed by atoms with van der Waals surface area (Å²) >= 11 is -2.36. The van der Waals surface area contributed by atoms with E-state index in [-0.39, 0.29) is 0 Å². The zero-order valence-electron chi connectivity index (χ0n) is 13.9. The van der Waals surface area contributed by atoms with Gasteiger partial charge in [0.2, 0.25) is 0 Å². The third-order valence-electron chi connectivity index (χ3n) is 3.92. The van der Waals surface area contributed by atoms with Gasteiger partial charge in [0, 0.05) is 28.4 Å². The number of pyridine rings is 1. The van der Waals surface area contributed by atoms with Crippen molar-refractivity contribution in [2.45, 2.75) is 0 Å². The first-order valence-electron chi connectivity index (χ1n) is 7.98. The van der Waals surface area contributed by atoms with Crippen molar-refractivity contribution in [2.75, 3.05) is 0 Å². The molecule has 26 heavy (non-hydrogen) atoms. The zero-order chi connectivity index (χ0) is 18.4. The van der Waals surface area contributed by atoms with Crippen LogP contribution in [0.2, 0.25) is 0 Å². The predicted molar refractivity (Wildman–Crippen MR) is 106 cm³/mol. The van der Waals surface area contributed by atoms with Gasteiger partial charge in [-0.05, 0) is 28.6 Å². The first-order chi connectivity index (χ1) is 12.6. The second-order valence-electron chi connectivity index (χ2n) is 5.59. The average Bonchev–Trinajstić information content (AvgIpc) is 2.68. The number of hydrogen-bond donors (Lipinski definition) is 1. The Balaban J connectivity index is 0.000000447. The predicted octanol–water partition coefficient (Wildman–Crippen LogP) is 4.31. The summed E-state index contributed by atoms with van der Waals surface area (Å²) in [6.45, 7) is 0. The van der Waals surface area contributed by atoms with E-state index in [1.807, 2.05) is 12.3 Å². The molecule has 3 aromatic carbocycles. The Morgan fingerprint density at radius 3 is 2.15 bits per heavy atom. The van der Waals surface area contributed by atoms with Gasteiger partial charge in [-0.15, -0.1) is 0 Å². The van der Waals surface area contributed by atoms with Gasteiger partial charge in [-0.1, -0.05) is 72.8 Å². The molecule has 5 heteroatoms. The minimum Gasteiger partial charge on any atom is -0.760 e. The minimum atomic E-state index is -2.36. The van der Waals surface area contributed by atoms with E-state index in [1.165, 1.54) is 21.9 Å². The van der Waals surface area contributed by atoms with Gasteiger partial charge in [-0.25, -0.2) is 0 Å². The Hall–Kier alpha value is -2.86. The van der Waals surface area contributed by atoms with E-state index in [0.717, 1.165) is 11.3 Å². The molecule has 0 bridgehead atoms.